The summed E-state index contributed by atoms with van der Waals surface area (Å²) in [5, 5.41) is 2.71. The number of nitrogens with one attached hydrogen (secondary N) is 1. The first-order valence-corrected chi connectivity index (χ1v) is 9.92. The maximum Gasteiger partial charge on any atom is 0.237 e. The number of carbonyl (C=O) groups is 1. The number of para-hydroxylation sites is 1. The van der Waals surface area contributed by atoms with E-state index >= 15 is 0 Å². The lowest BCUT2D eigenvalue weighted by Gasteiger charge is -2.12. The van der Waals surface area contributed by atoms with Crippen molar-refractivity contribution in [3.8, 4) is 11.5 Å². The number of nitrogens with two attached hydrogens (primary N) is 1. The van der Waals surface area contributed by atoms with Gasteiger partial charge in [0.05, 0.1) is 11.8 Å². The van der Waals surface area contributed by atoms with Crippen molar-refractivity contribution in [3.05, 3.63) is 60.2 Å². The summed E-state index contributed by atoms with van der Waals surface area (Å²) >= 11 is 0. The van der Waals surface area contributed by atoms with Gasteiger partial charge in [0.25, 0.3) is 0 Å². The summed E-state index contributed by atoms with van der Waals surface area (Å²) in [4.78, 5) is 11.9. The van der Waals surface area contributed by atoms with Gasteiger partial charge in [0.15, 0.2) is 0 Å². The van der Waals surface area contributed by atoms with Crippen LogP contribution >= 0.6 is 0 Å². The van der Waals surface area contributed by atoms with Crippen molar-refractivity contribution >= 4 is 15.7 Å². The molecule has 1 amide bonds. The summed E-state index contributed by atoms with van der Waals surface area (Å²) in [6.45, 7) is 0.289. The molecular weight excluding hydrogens is 340 g/mol. The van der Waals surface area contributed by atoms with Crippen molar-refractivity contribution in [3.63, 3.8) is 0 Å². The number of carbonyl (C=O) groups excluding carboxylic acids is 1. The summed E-state index contributed by atoms with van der Waals surface area (Å²) in [5.74, 6) is 0.908. The number of benzene rings is 2. The third-order valence-electron chi connectivity index (χ3n) is 3.48. The van der Waals surface area contributed by atoms with Gasteiger partial charge >= 0.3 is 0 Å². The molecule has 0 saturated heterocycles. The van der Waals surface area contributed by atoms with Gasteiger partial charge in [0.2, 0.25) is 5.91 Å². The van der Waals surface area contributed by atoms with E-state index in [4.69, 9.17) is 10.5 Å². The number of sulfone groups is 1. The Morgan fingerprint density at radius 2 is 1.80 bits per heavy atom. The molecule has 0 radical (unpaired) electrons. The lowest BCUT2D eigenvalue weighted by molar-refractivity contribution is -0.122. The Labute approximate surface area is 147 Å². The fourth-order valence-electron chi connectivity index (χ4n) is 2.14. The highest BCUT2D eigenvalue weighted by Gasteiger charge is 2.15. The van der Waals surface area contributed by atoms with Gasteiger partial charge in [-0.15, -0.1) is 0 Å². The van der Waals surface area contributed by atoms with Gasteiger partial charge in [-0.2, -0.15) is 0 Å². The Bertz CT molecular complexity index is 807. The lowest BCUT2D eigenvalue weighted by atomic mass is 10.2. The normalized spacial score (nSPS) is 12.4. The number of amides is 1. The molecule has 0 fully saturated rings. The molecular formula is C18H22N2O4S. The van der Waals surface area contributed by atoms with Crippen LogP contribution in [-0.4, -0.2) is 32.4 Å². The average molecular weight is 362 g/mol. The largest absolute Gasteiger partial charge is 0.457 e. The highest BCUT2D eigenvalue weighted by Crippen LogP contribution is 2.21. The van der Waals surface area contributed by atoms with Crippen molar-refractivity contribution in [2.45, 2.75) is 19.0 Å². The van der Waals surface area contributed by atoms with Crippen molar-refractivity contribution in [1.82, 2.24) is 5.32 Å². The van der Waals surface area contributed by atoms with Gasteiger partial charge in [-0.25, -0.2) is 8.42 Å². The molecule has 0 aliphatic heterocycles. The quantitative estimate of drug-likeness (QED) is 0.747. The second-order valence-electron chi connectivity index (χ2n) is 5.81. The molecule has 7 heteroatoms. The van der Waals surface area contributed by atoms with E-state index in [0.717, 1.165) is 17.6 Å². The predicted octanol–water partition coefficient (Wildman–Crippen LogP) is 1.86. The zero-order valence-corrected chi connectivity index (χ0v) is 14.8. The Balaban J connectivity index is 1.88. The van der Waals surface area contributed by atoms with Crippen LogP contribution in [0.5, 0.6) is 11.5 Å². The maximum absolute atomic E-state index is 11.9. The van der Waals surface area contributed by atoms with Crippen LogP contribution < -0.4 is 15.8 Å². The van der Waals surface area contributed by atoms with E-state index < -0.39 is 15.9 Å². The molecule has 134 valence electrons. The summed E-state index contributed by atoms with van der Waals surface area (Å²) in [6.07, 6.45) is 1.22. The fourth-order valence-corrected chi connectivity index (χ4v) is 2.82. The molecule has 0 spiro atoms. The van der Waals surface area contributed by atoms with Crippen molar-refractivity contribution < 1.29 is 17.9 Å². The third-order valence-corrected chi connectivity index (χ3v) is 4.46. The minimum Gasteiger partial charge on any atom is -0.457 e. The van der Waals surface area contributed by atoms with Gasteiger partial charge in [-0.1, -0.05) is 30.3 Å². The fraction of sp³-hybridized carbons (Fsp3) is 0.278. The van der Waals surface area contributed by atoms with E-state index in [-0.39, 0.29) is 24.6 Å². The molecule has 25 heavy (non-hydrogen) atoms. The highest BCUT2D eigenvalue weighted by molar-refractivity contribution is 7.90. The summed E-state index contributed by atoms with van der Waals surface area (Å²) in [5.41, 5.74) is 6.58. The number of hydrogen-bond acceptors (Lipinski definition) is 5. The molecule has 1 unspecified atom stereocenters. The van der Waals surface area contributed by atoms with E-state index in [0.29, 0.717) is 5.75 Å². The van der Waals surface area contributed by atoms with Gasteiger partial charge in [0.1, 0.15) is 21.3 Å². The van der Waals surface area contributed by atoms with Crippen LogP contribution in [0.1, 0.15) is 12.0 Å². The van der Waals surface area contributed by atoms with Crippen LogP contribution in [0.25, 0.3) is 0 Å². The molecule has 0 saturated carbocycles. The van der Waals surface area contributed by atoms with Crippen molar-refractivity contribution in [2.75, 3.05) is 12.0 Å². The molecule has 0 heterocycles. The number of hydrogen-bond donors (Lipinski definition) is 2. The minimum absolute atomic E-state index is 0.0990. The van der Waals surface area contributed by atoms with Crippen LogP contribution in [0.3, 0.4) is 0 Å². The summed E-state index contributed by atoms with van der Waals surface area (Å²) in [6, 6.07) is 15.9. The molecule has 6 nitrogen and oxygen atoms in total. The van der Waals surface area contributed by atoms with E-state index in [1.54, 1.807) is 0 Å². The van der Waals surface area contributed by atoms with Gasteiger partial charge < -0.3 is 15.8 Å². The van der Waals surface area contributed by atoms with Gasteiger partial charge in [-0.3, -0.25) is 4.79 Å². The first-order chi connectivity index (χ1) is 11.8. The molecule has 3 N–H and O–H groups in total. The highest BCUT2D eigenvalue weighted by atomic mass is 32.2. The molecule has 1 atom stereocenters. The first kappa shape index (κ1) is 19.0. The molecule has 0 aromatic heterocycles. The third kappa shape index (κ3) is 6.94. The predicted molar refractivity (Wildman–Crippen MR) is 97.1 cm³/mol. The maximum atomic E-state index is 11.9. The number of rotatable bonds is 8. The van der Waals surface area contributed by atoms with Crippen molar-refractivity contribution in [2.24, 2.45) is 5.73 Å². The molecule has 2 aromatic rings. The molecule has 0 aliphatic rings. The van der Waals surface area contributed by atoms with Gasteiger partial charge in [0, 0.05) is 12.8 Å². The van der Waals surface area contributed by atoms with E-state index in [1.807, 2.05) is 54.6 Å². The Morgan fingerprint density at radius 3 is 2.48 bits per heavy atom. The SMILES string of the molecule is CS(=O)(=O)CCC(N)C(=O)NCc1cccc(Oc2ccccc2)c1. The van der Waals surface area contributed by atoms with E-state index in [9.17, 15) is 13.2 Å². The monoisotopic (exact) mass is 362 g/mol. The van der Waals surface area contributed by atoms with Crippen LogP contribution in [-0.2, 0) is 21.2 Å². The zero-order valence-electron chi connectivity index (χ0n) is 14.0. The summed E-state index contributed by atoms with van der Waals surface area (Å²) in [7, 11) is -3.13. The molecule has 0 bridgehead atoms. The first-order valence-electron chi connectivity index (χ1n) is 7.86. The average Bonchev–Trinajstić information content (AvgIpc) is 2.58. The molecule has 0 aliphatic carbocycles. The smallest absolute Gasteiger partial charge is 0.237 e. The Hall–Kier alpha value is -2.38. The van der Waals surface area contributed by atoms with Crippen molar-refractivity contribution in [1.29, 1.82) is 0 Å². The second kappa shape index (κ2) is 8.64. The number of ether oxygens (including phenoxy) is 1. The topological polar surface area (TPSA) is 98.5 Å². The minimum atomic E-state index is -3.13. The summed E-state index contributed by atoms with van der Waals surface area (Å²) < 4.78 is 28.0. The molecule has 2 rings (SSSR count). The standard InChI is InChI=1S/C18H22N2O4S/c1-25(22,23)11-10-17(19)18(21)20-13-14-6-5-9-16(12-14)24-15-7-3-2-4-8-15/h2-9,12,17H,10-11,13,19H2,1H3,(H,20,21). The van der Waals surface area contributed by atoms with Crippen LogP contribution in [0.2, 0.25) is 0 Å². The Kier molecular flexibility index (Phi) is 6.55. The second-order valence-corrected chi connectivity index (χ2v) is 8.07. The lowest BCUT2D eigenvalue weighted by Crippen LogP contribution is -2.41. The van der Waals surface area contributed by atoms with Crippen LogP contribution in [0.4, 0.5) is 0 Å². The molecule has 2 aromatic carbocycles. The Morgan fingerprint density at radius 1 is 1.12 bits per heavy atom. The van der Waals surface area contributed by atoms with E-state index in [1.165, 1.54) is 0 Å². The van der Waals surface area contributed by atoms with Crippen LogP contribution in [0.15, 0.2) is 54.6 Å². The van der Waals surface area contributed by atoms with E-state index in [2.05, 4.69) is 5.32 Å². The van der Waals surface area contributed by atoms with Gasteiger partial charge in [-0.05, 0) is 36.2 Å². The zero-order chi connectivity index (χ0) is 18.3. The van der Waals surface area contributed by atoms with Crippen LogP contribution in [0, 0.1) is 0 Å².